The van der Waals surface area contributed by atoms with Crippen molar-refractivity contribution in [2.75, 3.05) is 14.2 Å². The molecule has 1 aromatic carbocycles. The zero-order valence-corrected chi connectivity index (χ0v) is 12.7. The average molecular weight is 300 g/mol. The van der Waals surface area contributed by atoms with Crippen molar-refractivity contribution in [3.8, 4) is 16.9 Å². The van der Waals surface area contributed by atoms with E-state index in [2.05, 4.69) is 4.74 Å². The van der Waals surface area contributed by atoms with Crippen LogP contribution in [0.15, 0.2) is 27.4 Å². The maximum atomic E-state index is 11.9. The lowest BCUT2D eigenvalue weighted by molar-refractivity contribution is 0.0595. The third-order valence-electron chi connectivity index (χ3n) is 4.09. The van der Waals surface area contributed by atoms with Crippen LogP contribution in [0.4, 0.5) is 0 Å². The highest BCUT2D eigenvalue weighted by molar-refractivity contribution is 5.91. The van der Waals surface area contributed by atoms with E-state index in [9.17, 15) is 9.59 Å². The van der Waals surface area contributed by atoms with Gasteiger partial charge < -0.3 is 13.9 Å². The van der Waals surface area contributed by atoms with Crippen LogP contribution < -0.4 is 10.4 Å². The van der Waals surface area contributed by atoms with Gasteiger partial charge in [-0.2, -0.15) is 0 Å². The van der Waals surface area contributed by atoms with Gasteiger partial charge in [0, 0.05) is 12.0 Å². The molecule has 22 heavy (non-hydrogen) atoms. The fourth-order valence-corrected chi connectivity index (χ4v) is 2.94. The van der Waals surface area contributed by atoms with E-state index in [0.717, 1.165) is 34.4 Å². The van der Waals surface area contributed by atoms with Crippen molar-refractivity contribution in [3.63, 3.8) is 0 Å². The SMILES string of the molecule is COC(=O)c1cc2c(oc1=O)CCc1c-2ccc(OC)c1C. The van der Waals surface area contributed by atoms with E-state index in [1.54, 1.807) is 13.2 Å². The molecule has 0 aliphatic heterocycles. The zero-order chi connectivity index (χ0) is 15.9. The lowest BCUT2D eigenvalue weighted by Crippen LogP contribution is -2.18. The minimum absolute atomic E-state index is 0.0810. The van der Waals surface area contributed by atoms with Gasteiger partial charge in [0.2, 0.25) is 0 Å². The predicted molar refractivity (Wildman–Crippen MR) is 80.5 cm³/mol. The molecule has 0 fully saturated rings. The fraction of sp³-hybridized carbons (Fsp3) is 0.294. The first-order valence-electron chi connectivity index (χ1n) is 6.99. The number of rotatable bonds is 2. The molecule has 5 heteroatoms. The van der Waals surface area contributed by atoms with Crippen molar-refractivity contribution in [3.05, 3.63) is 51.1 Å². The van der Waals surface area contributed by atoms with E-state index < -0.39 is 11.6 Å². The molecule has 0 radical (unpaired) electrons. The molecular formula is C17H16O5. The summed E-state index contributed by atoms with van der Waals surface area (Å²) in [4.78, 5) is 23.6. The van der Waals surface area contributed by atoms with Crippen LogP contribution in [-0.2, 0) is 17.6 Å². The van der Waals surface area contributed by atoms with Crippen molar-refractivity contribution >= 4 is 5.97 Å². The van der Waals surface area contributed by atoms with E-state index in [-0.39, 0.29) is 5.56 Å². The van der Waals surface area contributed by atoms with Crippen molar-refractivity contribution in [2.24, 2.45) is 0 Å². The number of carbonyl (C=O) groups is 1. The lowest BCUT2D eigenvalue weighted by Gasteiger charge is -2.21. The molecule has 0 spiro atoms. The first-order valence-corrected chi connectivity index (χ1v) is 6.99. The molecule has 0 unspecified atom stereocenters. The lowest BCUT2D eigenvalue weighted by atomic mass is 9.86. The molecule has 0 amide bonds. The number of ether oxygens (including phenoxy) is 2. The smallest absolute Gasteiger partial charge is 0.350 e. The number of aryl methyl sites for hydroxylation is 1. The van der Waals surface area contributed by atoms with Gasteiger partial charge >= 0.3 is 11.6 Å². The molecule has 114 valence electrons. The monoisotopic (exact) mass is 300 g/mol. The fourth-order valence-electron chi connectivity index (χ4n) is 2.94. The Morgan fingerprint density at radius 3 is 2.64 bits per heavy atom. The molecule has 0 saturated heterocycles. The van der Waals surface area contributed by atoms with Gasteiger partial charge in [0.15, 0.2) is 0 Å². The van der Waals surface area contributed by atoms with Crippen LogP contribution in [0.2, 0.25) is 0 Å². The Morgan fingerprint density at radius 2 is 1.95 bits per heavy atom. The summed E-state index contributed by atoms with van der Waals surface area (Å²) in [7, 11) is 2.88. The van der Waals surface area contributed by atoms with Crippen molar-refractivity contribution in [1.82, 2.24) is 0 Å². The summed E-state index contributed by atoms with van der Waals surface area (Å²) < 4.78 is 15.3. The summed E-state index contributed by atoms with van der Waals surface area (Å²) in [5.74, 6) is 0.747. The minimum atomic E-state index is -0.686. The van der Waals surface area contributed by atoms with E-state index in [1.807, 2.05) is 19.1 Å². The van der Waals surface area contributed by atoms with E-state index >= 15 is 0 Å². The van der Waals surface area contributed by atoms with Crippen LogP contribution in [0, 0.1) is 6.92 Å². The number of esters is 1. The van der Waals surface area contributed by atoms with Gasteiger partial charge in [-0.25, -0.2) is 9.59 Å². The normalized spacial score (nSPS) is 12.3. The maximum absolute atomic E-state index is 11.9. The number of carbonyl (C=O) groups excluding carboxylic acids is 1. The van der Waals surface area contributed by atoms with Crippen LogP contribution in [-0.4, -0.2) is 20.2 Å². The van der Waals surface area contributed by atoms with Crippen molar-refractivity contribution < 1.29 is 18.7 Å². The van der Waals surface area contributed by atoms with E-state index in [1.165, 1.54) is 7.11 Å². The second-order valence-corrected chi connectivity index (χ2v) is 5.19. The van der Waals surface area contributed by atoms with Crippen LogP contribution in [0.1, 0.15) is 27.2 Å². The molecule has 0 bridgehead atoms. The Kier molecular flexibility index (Phi) is 3.48. The third-order valence-corrected chi connectivity index (χ3v) is 4.09. The number of benzene rings is 1. The Bertz CT molecular complexity index is 817. The number of fused-ring (bicyclic) bond motifs is 3. The third kappa shape index (κ3) is 2.09. The van der Waals surface area contributed by atoms with Gasteiger partial charge in [-0.05, 0) is 42.2 Å². The molecule has 0 saturated carbocycles. The Hall–Kier alpha value is -2.56. The van der Waals surface area contributed by atoms with Crippen molar-refractivity contribution in [2.45, 2.75) is 19.8 Å². The highest BCUT2D eigenvalue weighted by Crippen LogP contribution is 2.38. The highest BCUT2D eigenvalue weighted by Gasteiger charge is 2.24. The van der Waals surface area contributed by atoms with Gasteiger partial charge in [0.25, 0.3) is 0 Å². The molecule has 2 aromatic rings. The molecule has 3 rings (SSSR count). The molecule has 5 nitrogen and oxygen atoms in total. The average Bonchev–Trinajstić information content (AvgIpc) is 2.53. The molecule has 1 heterocycles. The molecule has 1 aliphatic carbocycles. The topological polar surface area (TPSA) is 65.7 Å². The standard InChI is InChI=1S/C17H16O5/c1-9-10-4-7-15-12(11(10)5-6-14(9)20-2)8-13(16(18)21-3)17(19)22-15/h5-6,8H,4,7H2,1-3H3. The summed E-state index contributed by atoms with van der Waals surface area (Å²) in [5, 5.41) is 0. The van der Waals surface area contributed by atoms with Gasteiger partial charge in [0.05, 0.1) is 14.2 Å². The Labute approximate surface area is 127 Å². The van der Waals surface area contributed by atoms with Gasteiger partial charge in [-0.3, -0.25) is 0 Å². The van der Waals surface area contributed by atoms with E-state index in [4.69, 9.17) is 9.15 Å². The van der Waals surface area contributed by atoms with Gasteiger partial charge in [-0.1, -0.05) is 6.07 Å². The first kappa shape index (κ1) is 14.4. The molecule has 0 atom stereocenters. The molecular weight excluding hydrogens is 284 g/mol. The van der Waals surface area contributed by atoms with Crippen LogP contribution in [0.3, 0.4) is 0 Å². The van der Waals surface area contributed by atoms with Crippen LogP contribution in [0.5, 0.6) is 5.75 Å². The summed E-state index contributed by atoms with van der Waals surface area (Å²) in [6, 6.07) is 5.38. The summed E-state index contributed by atoms with van der Waals surface area (Å²) in [6.07, 6.45) is 1.39. The maximum Gasteiger partial charge on any atom is 0.350 e. The summed E-state index contributed by atoms with van der Waals surface area (Å²) in [6.45, 7) is 2.00. The van der Waals surface area contributed by atoms with Crippen molar-refractivity contribution in [1.29, 1.82) is 0 Å². The van der Waals surface area contributed by atoms with Crippen LogP contribution >= 0.6 is 0 Å². The van der Waals surface area contributed by atoms with E-state index in [0.29, 0.717) is 12.2 Å². The number of methoxy groups -OCH3 is 2. The number of hydrogen-bond acceptors (Lipinski definition) is 5. The Balaban J connectivity index is 2.24. The summed E-state index contributed by atoms with van der Waals surface area (Å²) in [5.41, 5.74) is 3.22. The number of hydrogen-bond donors (Lipinski definition) is 0. The summed E-state index contributed by atoms with van der Waals surface area (Å²) >= 11 is 0. The quantitative estimate of drug-likeness (QED) is 0.797. The second kappa shape index (κ2) is 5.33. The Morgan fingerprint density at radius 1 is 1.18 bits per heavy atom. The largest absolute Gasteiger partial charge is 0.496 e. The van der Waals surface area contributed by atoms with Gasteiger partial charge in [0.1, 0.15) is 17.1 Å². The highest BCUT2D eigenvalue weighted by atomic mass is 16.5. The second-order valence-electron chi connectivity index (χ2n) is 5.19. The predicted octanol–water partition coefficient (Wildman–Crippen LogP) is 2.51. The minimum Gasteiger partial charge on any atom is -0.496 e. The van der Waals surface area contributed by atoms with Crippen LogP contribution in [0.25, 0.3) is 11.1 Å². The zero-order valence-electron chi connectivity index (χ0n) is 12.7. The molecule has 1 aliphatic rings. The van der Waals surface area contributed by atoms with Gasteiger partial charge in [-0.15, -0.1) is 0 Å². The molecule has 1 aromatic heterocycles. The molecule has 0 N–H and O–H groups in total. The first-order chi connectivity index (χ1) is 10.6.